The van der Waals surface area contributed by atoms with Gasteiger partial charge < -0.3 is 15.4 Å². The molecule has 2 aromatic rings. The number of allylic oxidation sites excluding steroid dienone is 5. The first-order valence-electron chi connectivity index (χ1n) is 10.5. The van der Waals surface area contributed by atoms with Crippen LogP contribution in [0.2, 0.25) is 0 Å². The van der Waals surface area contributed by atoms with Crippen LogP contribution in [0.3, 0.4) is 0 Å². The number of nitrogens with one attached hydrogen (secondary N) is 3. The van der Waals surface area contributed by atoms with Crippen LogP contribution in [0.25, 0.3) is 5.57 Å². The van der Waals surface area contributed by atoms with Crippen LogP contribution in [-0.4, -0.2) is 51.5 Å². The second-order valence-corrected chi connectivity index (χ2v) is 7.67. The molecule has 0 spiro atoms. The Morgan fingerprint density at radius 2 is 2.06 bits per heavy atom. The zero-order valence-corrected chi connectivity index (χ0v) is 17.9. The van der Waals surface area contributed by atoms with Gasteiger partial charge in [-0.25, -0.2) is 4.79 Å². The Morgan fingerprint density at radius 1 is 1.22 bits per heavy atom. The molecule has 4 rings (SSSR count). The number of benzene rings is 1. The van der Waals surface area contributed by atoms with Crippen LogP contribution >= 0.6 is 0 Å². The van der Waals surface area contributed by atoms with Crippen molar-refractivity contribution in [3.05, 3.63) is 77.3 Å². The molecule has 0 bridgehead atoms. The van der Waals surface area contributed by atoms with Crippen molar-refractivity contribution >= 4 is 17.6 Å². The third-order valence-electron chi connectivity index (χ3n) is 5.25. The molecule has 2 amide bonds. The van der Waals surface area contributed by atoms with E-state index in [0.717, 1.165) is 29.1 Å². The Morgan fingerprint density at radius 3 is 2.81 bits per heavy atom. The predicted molar refractivity (Wildman–Crippen MR) is 119 cm³/mol. The van der Waals surface area contributed by atoms with E-state index in [9.17, 15) is 9.59 Å². The standard InChI is InChI=1S/C23H26N6O3/c1-16(30)25-14-22-15-29(23(31)32-22)21-4-2-3-18(9-10-21)19-7-5-17(6-8-19)11-24-12-20-13-26-28-27-20/h3-10,13,22,24H,2,11-12,14-15H2,1H3,(H,25,30)(H,26,27,28)/t22-/m0/s1. The van der Waals surface area contributed by atoms with Gasteiger partial charge in [0.1, 0.15) is 6.10 Å². The molecule has 2 aliphatic rings. The zero-order valence-electron chi connectivity index (χ0n) is 17.9. The quantitative estimate of drug-likeness (QED) is 0.588. The summed E-state index contributed by atoms with van der Waals surface area (Å²) >= 11 is 0. The third-order valence-corrected chi connectivity index (χ3v) is 5.25. The van der Waals surface area contributed by atoms with Gasteiger partial charge in [-0.2, -0.15) is 15.4 Å². The van der Waals surface area contributed by atoms with Gasteiger partial charge in [0, 0.05) is 25.7 Å². The first kappa shape index (κ1) is 21.5. The van der Waals surface area contributed by atoms with E-state index in [-0.39, 0.29) is 18.1 Å². The number of aromatic amines is 1. The maximum atomic E-state index is 12.3. The van der Waals surface area contributed by atoms with Gasteiger partial charge in [0.2, 0.25) is 5.91 Å². The van der Waals surface area contributed by atoms with Gasteiger partial charge in [-0.15, -0.1) is 0 Å². The van der Waals surface area contributed by atoms with Crippen LogP contribution in [0.4, 0.5) is 4.79 Å². The number of ether oxygens (including phenoxy) is 1. The van der Waals surface area contributed by atoms with E-state index in [1.165, 1.54) is 12.5 Å². The zero-order chi connectivity index (χ0) is 22.3. The first-order valence-corrected chi connectivity index (χ1v) is 10.5. The van der Waals surface area contributed by atoms with Crippen molar-refractivity contribution in [2.75, 3.05) is 13.1 Å². The van der Waals surface area contributed by atoms with Crippen LogP contribution in [0.5, 0.6) is 0 Å². The van der Waals surface area contributed by atoms with E-state index in [0.29, 0.717) is 26.1 Å². The fourth-order valence-corrected chi connectivity index (χ4v) is 3.59. The Hall–Kier alpha value is -3.72. The summed E-state index contributed by atoms with van der Waals surface area (Å²) in [5.74, 6) is -0.140. The molecule has 1 fully saturated rings. The minimum absolute atomic E-state index is 0.140. The molecule has 1 aromatic heterocycles. The molecule has 9 heteroatoms. The van der Waals surface area contributed by atoms with Crippen LogP contribution in [0.1, 0.15) is 30.2 Å². The average Bonchev–Trinajstić information content (AvgIpc) is 3.36. The Bertz CT molecular complexity index is 1040. The summed E-state index contributed by atoms with van der Waals surface area (Å²) < 4.78 is 5.36. The molecule has 3 N–H and O–H groups in total. The molecular weight excluding hydrogens is 408 g/mol. The Kier molecular flexibility index (Phi) is 6.76. The lowest BCUT2D eigenvalue weighted by atomic mass is 10.0. The van der Waals surface area contributed by atoms with E-state index < -0.39 is 0 Å². The summed E-state index contributed by atoms with van der Waals surface area (Å²) in [4.78, 5) is 25.0. The molecule has 0 saturated carbocycles. The highest BCUT2D eigenvalue weighted by Gasteiger charge is 2.32. The summed E-state index contributed by atoms with van der Waals surface area (Å²) in [6.45, 7) is 3.58. The Labute approximate surface area is 186 Å². The number of carbonyl (C=O) groups excluding carboxylic acids is 2. The second kappa shape index (κ2) is 10.1. The number of rotatable bonds is 8. The summed E-state index contributed by atoms with van der Waals surface area (Å²) in [6, 6.07) is 8.40. The van der Waals surface area contributed by atoms with Crippen molar-refractivity contribution in [2.45, 2.75) is 32.5 Å². The van der Waals surface area contributed by atoms with Crippen molar-refractivity contribution < 1.29 is 14.3 Å². The number of cyclic esters (lactones) is 1. The molecule has 1 saturated heterocycles. The minimum Gasteiger partial charge on any atom is -0.442 e. The monoisotopic (exact) mass is 434 g/mol. The summed E-state index contributed by atoms with van der Waals surface area (Å²) in [5, 5.41) is 16.5. The van der Waals surface area contributed by atoms with Crippen LogP contribution in [-0.2, 0) is 22.6 Å². The van der Waals surface area contributed by atoms with Gasteiger partial charge in [-0.3, -0.25) is 9.69 Å². The molecular formula is C23H26N6O3. The van der Waals surface area contributed by atoms with Crippen molar-refractivity contribution in [2.24, 2.45) is 0 Å². The fourth-order valence-electron chi connectivity index (χ4n) is 3.59. The van der Waals surface area contributed by atoms with Crippen LogP contribution < -0.4 is 10.6 Å². The van der Waals surface area contributed by atoms with E-state index in [2.05, 4.69) is 56.4 Å². The molecule has 2 heterocycles. The SMILES string of the molecule is CC(=O)NC[C@H]1CN(C2=CCC=C(c3ccc(CNCc4cn[nH]n4)cc3)C=C2)C(=O)O1. The highest BCUT2D eigenvalue weighted by Crippen LogP contribution is 2.25. The van der Waals surface area contributed by atoms with Gasteiger partial charge in [0.25, 0.3) is 0 Å². The first-order chi connectivity index (χ1) is 15.6. The van der Waals surface area contributed by atoms with Crippen LogP contribution in [0.15, 0.2) is 60.5 Å². The predicted octanol–water partition coefficient (Wildman–Crippen LogP) is 2.28. The summed E-state index contributed by atoms with van der Waals surface area (Å²) in [6.07, 6.45) is 9.78. The molecule has 1 atom stereocenters. The Balaban J connectivity index is 1.32. The number of H-pyrrole nitrogens is 1. The van der Waals surface area contributed by atoms with Gasteiger partial charge in [0.15, 0.2) is 0 Å². The minimum atomic E-state index is -0.387. The normalized spacial score (nSPS) is 18.1. The maximum Gasteiger partial charge on any atom is 0.414 e. The van der Waals surface area contributed by atoms with E-state index >= 15 is 0 Å². The van der Waals surface area contributed by atoms with Crippen molar-refractivity contribution in [1.29, 1.82) is 0 Å². The van der Waals surface area contributed by atoms with E-state index in [1.54, 1.807) is 11.1 Å². The number of hydrogen-bond donors (Lipinski definition) is 3. The highest BCUT2D eigenvalue weighted by atomic mass is 16.6. The highest BCUT2D eigenvalue weighted by molar-refractivity contribution is 5.78. The molecule has 32 heavy (non-hydrogen) atoms. The lowest BCUT2D eigenvalue weighted by Gasteiger charge is -2.13. The van der Waals surface area contributed by atoms with Crippen LogP contribution in [0, 0.1) is 0 Å². The fraction of sp³-hybridized carbons (Fsp3) is 0.304. The van der Waals surface area contributed by atoms with Gasteiger partial charge in [-0.05, 0) is 29.2 Å². The topological polar surface area (TPSA) is 112 Å². The molecule has 166 valence electrons. The largest absolute Gasteiger partial charge is 0.442 e. The summed E-state index contributed by atoms with van der Waals surface area (Å²) in [5.41, 5.74) is 5.07. The van der Waals surface area contributed by atoms with E-state index in [4.69, 9.17) is 4.74 Å². The molecule has 0 unspecified atom stereocenters. The number of nitrogens with zero attached hydrogens (tertiary/aromatic N) is 3. The average molecular weight is 435 g/mol. The molecule has 1 aliphatic heterocycles. The van der Waals surface area contributed by atoms with Crippen molar-refractivity contribution in [3.63, 3.8) is 0 Å². The van der Waals surface area contributed by atoms with Crippen molar-refractivity contribution in [1.82, 2.24) is 30.9 Å². The van der Waals surface area contributed by atoms with Gasteiger partial charge in [-0.1, -0.05) is 42.5 Å². The molecule has 1 aromatic carbocycles. The summed E-state index contributed by atoms with van der Waals surface area (Å²) in [7, 11) is 0. The lowest BCUT2D eigenvalue weighted by Crippen LogP contribution is -2.33. The lowest BCUT2D eigenvalue weighted by molar-refractivity contribution is -0.119. The van der Waals surface area contributed by atoms with Gasteiger partial charge in [0.05, 0.1) is 25.0 Å². The second-order valence-electron chi connectivity index (χ2n) is 7.67. The molecule has 0 radical (unpaired) electrons. The number of amides is 2. The maximum absolute atomic E-state index is 12.3. The van der Waals surface area contributed by atoms with Gasteiger partial charge >= 0.3 is 6.09 Å². The number of aromatic nitrogens is 3. The number of carbonyl (C=O) groups is 2. The molecule has 1 aliphatic carbocycles. The molecule has 9 nitrogen and oxygen atoms in total. The van der Waals surface area contributed by atoms with E-state index in [1.807, 2.05) is 18.2 Å². The number of hydrogen-bond acceptors (Lipinski definition) is 6. The van der Waals surface area contributed by atoms with Crippen molar-refractivity contribution in [3.8, 4) is 0 Å². The third kappa shape index (κ3) is 5.50. The smallest absolute Gasteiger partial charge is 0.414 e.